The van der Waals surface area contributed by atoms with Crippen LogP contribution in [0.5, 0.6) is 5.75 Å². The van der Waals surface area contributed by atoms with Gasteiger partial charge in [0.1, 0.15) is 17.8 Å². The van der Waals surface area contributed by atoms with Crippen molar-refractivity contribution in [1.82, 2.24) is 10.2 Å². The molecule has 1 N–H and O–H groups in total. The molecule has 1 saturated carbocycles. The molecule has 0 bridgehead atoms. The Labute approximate surface area is 203 Å². The van der Waals surface area contributed by atoms with E-state index in [1.54, 1.807) is 48.5 Å². The summed E-state index contributed by atoms with van der Waals surface area (Å²) in [5, 5.41) is 2.85. The molecule has 9 heteroatoms. The lowest BCUT2D eigenvalue weighted by Crippen LogP contribution is -2.55. The number of carbonyl (C=O) groups is 4. The fraction of sp³-hybridized carbons (Fsp3) is 0.360. The van der Waals surface area contributed by atoms with E-state index in [0.29, 0.717) is 34.7 Å². The predicted molar refractivity (Wildman–Crippen MR) is 126 cm³/mol. The molecule has 0 spiro atoms. The third-order valence-electron chi connectivity index (χ3n) is 6.02. The topological polar surface area (TPSA) is 102 Å². The van der Waals surface area contributed by atoms with Gasteiger partial charge < -0.3 is 19.7 Å². The fourth-order valence-electron chi connectivity index (χ4n) is 4.13. The van der Waals surface area contributed by atoms with Gasteiger partial charge in [-0.15, -0.1) is 0 Å². The number of likely N-dealkylation sites (N-methyl/N-ethyl adjacent to an activating group) is 1. The van der Waals surface area contributed by atoms with Gasteiger partial charge in [-0.05, 0) is 49.6 Å². The molecule has 2 aromatic rings. The van der Waals surface area contributed by atoms with Crippen LogP contribution in [-0.4, -0.2) is 55.8 Å². The highest BCUT2D eigenvalue weighted by molar-refractivity contribution is 6.31. The number of benzene rings is 2. The maximum atomic E-state index is 13.1. The van der Waals surface area contributed by atoms with Gasteiger partial charge in [-0.2, -0.15) is 0 Å². The minimum Gasteiger partial charge on any atom is -0.497 e. The molecule has 34 heavy (non-hydrogen) atoms. The lowest BCUT2D eigenvalue weighted by Gasteiger charge is -2.43. The van der Waals surface area contributed by atoms with Gasteiger partial charge >= 0.3 is 5.97 Å². The van der Waals surface area contributed by atoms with E-state index in [9.17, 15) is 19.2 Å². The zero-order valence-electron chi connectivity index (χ0n) is 19.1. The number of ketones is 1. The molecule has 1 aliphatic carbocycles. The number of Topliss-reactive ketones (excluding diaryl/α,β-unsaturated/α-hetero) is 1. The third-order valence-corrected chi connectivity index (χ3v) is 6.35. The lowest BCUT2D eigenvalue weighted by molar-refractivity contribution is -0.157. The van der Waals surface area contributed by atoms with Crippen molar-refractivity contribution < 1.29 is 28.7 Å². The van der Waals surface area contributed by atoms with Gasteiger partial charge in [-0.3, -0.25) is 19.2 Å². The molecule has 2 amide bonds. The summed E-state index contributed by atoms with van der Waals surface area (Å²) in [5.74, 6) is -1.27. The number of hydrogen-bond donors (Lipinski definition) is 1. The number of nitrogens with one attached hydrogen (secondary N) is 1. The van der Waals surface area contributed by atoms with E-state index in [1.807, 2.05) is 0 Å². The normalized spacial score (nSPS) is 17.6. The molecule has 1 unspecified atom stereocenters. The summed E-state index contributed by atoms with van der Waals surface area (Å²) in [6.45, 7) is -0.969. The first-order valence-corrected chi connectivity index (χ1v) is 11.3. The summed E-state index contributed by atoms with van der Waals surface area (Å²) < 4.78 is 10.1. The molecule has 0 saturated heterocycles. The van der Waals surface area contributed by atoms with E-state index in [2.05, 4.69) is 5.32 Å². The number of amides is 2. The Morgan fingerprint density at radius 2 is 1.79 bits per heavy atom. The van der Waals surface area contributed by atoms with Crippen LogP contribution in [0.3, 0.4) is 0 Å². The van der Waals surface area contributed by atoms with Crippen molar-refractivity contribution in [1.29, 1.82) is 0 Å². The van der Waals surface area contributed by atoms with Crippen molar-refractivity contribution in [2.45, 2.75) is 31.2 Å². The average molecular weight is 487 g/mol. The SMILES string of the molecule is COc1ccc(C(=O)NCC(=O)OCC(=O)N(C)C2(c3ccccc3Cl)CCCCC2=O)cc1. The van der Waals surface area contributed by atoms with Crippen LogP contribution in [0.25, 0.3) is 0 Å². The number of methoxy groups -OCH3 is 1. The molecule has 1 fully saturated rings. The lowest BCUT2D eigenvalue weighted by atomic mass is 9.74. The Kier molecular flexibility index (Phi) is 8.28. The second-order valence-corrected chi connectivity index (χ2v) is 8.40. The van der Waals surface area contributed by atoms with Crippen LogP contribution in [0.4, 0.5) is 0 Å². The van der Waals surface area contributed by atoms with Crippen LogP contribution in [0, 0.1) is 0 Å². The molecule has 8 nitrogen and oxygen atoms in total. The van der Waals surface area contributed by atoms with Gasteiger partial charge in [0.25, 0.3) is 11.8 Å². The summed E-state index contributed by atoms with van der Waals surface area (Å²) >= 11 is 6.40. The maximum absolute atomic E-state index is 13.1. The molecule has 3 rings (SSSR count). The molecule has 0 aromatic heterocycles. The quantitative estimate of drug-likeness (QED) is 0.575. The van der Waals surface area contributed by atoms with Gasteiger partial charge in [-0.1, -0.05) is 29.8 Å². The summed E-state index contributed by atoms with van der Waals surface area (Å²) in [6, 6.07) is 13.3. The Balaban J connectivity index is 1.61. The first-order chi connectivity index (χ1) is 16.3. The molecule has 1 atom stereocenters. The minimum absolute atomic E-state index is 0.0965. The van der Waals surface area contributed by atoms with E-state index in [4.69, 9.17) is 21.1 Å². The van der Waals surface area contributed by atoms with Crippen molar-refractivity contribution in [2.75, 3.05) is 27.3 Å². The molecule has 0 radical (unpaired) electrons. The Morgan fingerprint density at radius 1 is 1.09 bits per heavy atom. The number of halogens is 1. The number of nitrogens with zero attached hydrogens (tertiary/aromatic N) is 1. The highest BCUT2D eigenvalue weighted by Gasteiger charge is 2.48. The van der Waals surface area contributed by atoms with Crippen molar-refractivity contribution >= 4 is 35.2 Å². The largest absolute Gasteiger partial charge is 0.497 e. The van der Waals surface area contributed by atoms with E-state index in [1.165, 1.54) is 19.1 Å². The third kappa shape index (κ3) is 5.39. The molecule has 0 aliphatic heterocycles. The summed E-state index contributed by atoms with van der Waals surface area (Å²) in [7, 11) is 3.04. The Hall–Kier alpha value is -3.39. The summed E-state index contributed by atoms with van der Waals surface area (Å²) in [5.41, 5.74) is -0.292. The molecule has 2 aromatic carbocycles. The maximum Gasteiger partial charge on any atom is 0.325 e. The number of esters is 1. The van der Waals surface area contributed by atoms with Gasteiger partial charge in [0.15, 0.2) is 12.4 Å². The van der Waals surface area contributed by atoms with Gasteiger partial charge in [-0.25, -0.2) is 0 Å². The first kappa shape index (κ1) is 25.2. The van der Waals surface area contributed by atoms with Crippen LogP contribution in [0.15, 0.2) is 48.5 Å². The van der Waals surface area contributed by atoms with Crippen molar-refractivity contribution in [3.63, 3.8) is 0 Å². The van der Waals surface area contributed by atoms with Crippen molar-refractivity contribution in [2.24, 2.45) is 0 Å². The van der Waals surface area contributed by atoms with Crippen molar-refractivity contribution in [3.05, 3.63) is 64.7 Å². The zero-order chi connectivity index (χ0) is 24.7. The van der Waals surface area contributed by atoms with Crippen LogP contribution >= 0.6 is 11.6 Å². The number of ether oxygens (including phenoxy) is 2. The molecule has 1 aliphatic rings. The van der Waals surface area contributed by atoms with Crippen LogP contribution < -0.4 is 10.1 Å². The standard InChI is InChI=1S/C25H27ClN2O6/c1-28(25(14-6-5-9-21(25)29)19-7-3-4-8-20(19)26)22(30)16-34-23(31)15-27-24(32)17-10-12-18(33-2)13-11-17/h3-4,7-8,10-13H,5-6,9,14-16H2,1-2H3,(H,27,32). The smallest absolute Gasteiger partial charge is 0.325 e. The van der Waals surface area contributed by atoms with Crippen LogP contribution in [0.1, 0.15) is 41.6 Å². The monoisotopic (exact) mass is 486 g/mol. The van der Waals surface area contributed by atoms with E-state index < -0.39 is 36.5 Å². The molecule has 180 valence electrons. The second-order valence-electron chi connectivity index (χ2n) is 8.00. The Morgan fingerprint density at radius 3 is 2.44 bits per heavy atom. The highest BCUT2D eigenvalue weighted by atomic mass is 35.5. The van der Waals surface area contributed by atoms with E-state index >= 15 is 0 Å². The van der Waals surface area contributed by atoms with Crippen molar-refractivity contribution in [3.8, 4) is 5.75 Å². The summed E-state index contributed by atoms with van der Waals surface area (Å²) in [4.78, 5) is 51.7. The van der Waals surface area contributed by atoms with Gasteiger partial charge in [0.05, 0.1) is 7.11 Å². The molecular weight excluding hydrogens is 460 g/mol. The van der Waals surface area contributed by atoms with Crippen LogP contribution in [0.2, 0.25) is 5.02 Å². The number of rotatable bonds is 8. The van der Waals surface area contributed by atoms with Gasteiger partial charge in [0.2, 0.25) is 0 Å². The molecular formula is C25H27ClN2O6. The Bertz CT molecular complexity index is 1070. The first-order valence-electron chi connectivity index (χ1n) is 10.9. The summed E-state index contributed by atoms with van der Waals surface area (Å²) in [6.07, 6.45) is 2.27. The fourth-order valence-corrected chi connectivity index (χ4v) is 4.42. The van der Waals surface area contributed by atoms with Crippen LogP contribution in [-0.2, 0) is 24.7 Å². The van der Waals surface area contributed by atoms with E-state index in [-0.39, 0.29) is 5.78 Å². The number of carbonyl (C=O) groups excluding carboxylic acids is 4. The zero-order valence-corrected chi connectivity index (χ0v) is 19.9. The predicted octanol–water partition coefficient (Wildman–Crippen LogP) is 3.12. The highest BCUT2D eigenvalue weighted by Crippen LogP contribution is 2.42. The average Bonchev–Trinajstić information content (AvgIpc) is 2.86. The minimum atomic E-state index is -1.21. The molecule has 0 heterocycles. The van der Waals surface area contributed by atoms with Gasteiger partial charge in [0, 0.05) is 29.6 Å². The number of hydrogen-bond acceptors (Lipinski definition) is 6. The second kappa shape index (κ2) is 11.2. The van der Waals surface area contributed by atoms with E-state index in [0.717, 1.165) is 12.8 Å².